The second-order valence-electron chi connectivity index (χ2n) is 7.13. The lowest BCUT2D eigenvalue weighted by Gasteiger charge is -2.25. The summed E-state index contributed by atoms with van der Waals surface area (Å²) in [7, 11) is 0. The fourth-order valence-corrected chi connectivity index (χ4v) is 2.37. The maximum absolute atomic E-state index is 12.6. The molecule has 15 nitrogen and oxygen atoms in total. The molecule has 0 rings (SSSR count). The summed E-state index contributed by atoms with van der Waals surface area (Å²) in [6, 6.07) is -6.27. The average Bonchev–Trinajstić information content (AvgIpc) is 2.66. The lowest BCUT2D eigenvalue weighted by Crippen LogP contribution is -2.59. The largest absolute Gasteiger partial charge is 0.480 e. The number of carboxylic acids is 1. The monoisotopic (exact) mass is 462 g/mol. The summed E-state index contributed by atoms with van der Waals surface area (Å²) in [4.78, 5) is 70.8. The standard InChI is InChI=1S/C17H30N6O9/c1-6(24)12(20)16(30)22-9(5-11(19)27)15(29)21-8(3-4-10(18)26)14(28)23-13(7(2)25)17(31)32/h6-9,12-13,24-25H,3-5,20H2,1-2H3,(H2,18,26)(H2,19,27)(H,21,29)(H,22,30)(H,23,28)(H,31,32). The highest BCUT2D eigenvalue weighted by atomic mass is 16.4. The van der Waals surface area contributed by atoms with Gasteiger partial charge < -0.3 is 48.5 Å². The predicted molar refractivity (Wildman–Crippen MR) is 107 cm³/mol. The molecule has 0 fully saturated rings. The maximum atomic E-state index is 12.6. The molecule has 0 aliphatic heterocycles. The quantitative estimate of drug-likeness (QED) is 0.118. The number of hydrogen-bond acceptors (Lipinski definition) is 9. The minimum atomic E-state index is -1.72. The number of carboxylic acid groups (broad SMARTS) is 1. The molecule has 0 bridgehead atoms. The summed E-state index contributed by atoms with van der Waals surface area (Å²) in [5.74, 6) is -6.51. The van der Waals surface area contributed by atoms with Crippen LogP contribution in [0.2, 0.25) is 0 Å². The first-order chi connectivity index (χ1) is 14.7. The van der Waals surface area contributed by atoms with Gasteiger partial charge >= 0.3 is 5.97 Å². The van der Waals surface area contributed by atoms with E-state index in [-0.39, 0.29) is 12.8 Å². The van der Waals surface area contributed by atoms with E-state index in [0.29, 0.717) is 0 Å². The van der Waals surface area contributed by atoms with Crippen LogP contribution in [-0.2, 0) is 28.8 Å². The van der Waals surface area contributed by atoms with Gasteiger partial charge in [-0.25, -0.2) is 4.79 Å². The summed E-state index contributed by atoms with van der Waals surface area (Å²) < 4.78 is 0. The molecule has 0 spiro atoms. The van der Waals surface area contributed by atoms with Crippen molar-refractivity contribution in [2.24, 2.45) is 17.2 Å². The number of nitrogens with one attached hydrogen (secondary N) is 3. The van der Waals surface area contributed by atoms with Crippen LogP contribution in [0, 0.1) is 0 Å². The van der Waals surface area contributed by atoms with Crippen LogP contribution in [0.5, 0.6) is 0 Å². The van der Waals surface area contributed by atoms with Gasteiger partial charge in [-0.1, -0.05) is 0 Å². The van der Waals surface area contributed by atoms with Gasteiger partial charge in [-0.2, -0.15) is 0 Å². The molecule has 182 valence electrons. The van der Waals surface area contributed by atoms with Crippen molar-refractivity contribution in [2.45, 2.75) is 69.5 Å². The van der Waals surface area contributed by atoms with E-state index in [4.69, 9.17) is 22.3 Å². The molecular weight excluding hydrogens is 432 g/mol. The highest BCUT2D eigenvalue weighted by Gasteiger charge is 2.33. The summed E-state index contributed by atoms with van der Waals surface area (Å²) in [5, 5.41) is 34.3. The highest BCUT2D eigenvalue weighted by molar-refractivity contribution is 5.96. The van der Waals surface area contributed by atoms with Crippen LogP contribution in [0.3, 0.4) is 0 Å². The minimum absolute atomic E-state index is 0.358. The molecule has 12 N–H and O–H groups in total. The van der Waals surface area contributed by atoms with Crippen molar-refractivity contribution in [3.63, 3.8) is 0 Å². The molecule has 0 aromatic carbocycles. The van der Waals surface area contributed by atoms with Crippen LogP contribution >= 0.6 is 0 Å². The first-order valence-corrected chi connectivity index (χ1v) is 9.49. The number of rotatable bonds is 14. The third-order valence-electron chi connectivity index (χ3n) is 4.22. The molecule has 15 heteroatoms. The molecule has 6 atom stereocenters. The number of amides is 5. The van der Waals surface area contributed by atoms with E-state index in [1.807, 2.05) is 5.32 Å². The summed E-state index contributed by atoms with van der Waals surface area (Å²) in [5.41, 5.74) is 15.6. The fraction of sp³-hybridized carbons (Fsp3) is 0.647. The number of aliphatic carboxylic acids is 1. The maximum Gasteiger partial charge on any atom is 0.328 e. The Kier molecular flexibility index (Phi) is 11.8. The minimum Gasteiger partial charge on any atom is -0.480 e. The smallest absolute Gasteiger partial charge is 0.328 e. The second-order valence-corrected chi connectivity index (χ2v) is 7.13. The van der Waals surface area contributed by atoms with Crippen LogP contribution in [0.25, 0.3) is 0 Å². The summed E-state index contributed by atoms with van der Waals surface area (Å²) in [6.07, 6.45) is -4.21. The third-order valence-corrected chi connectivity index (χ3v) is 4.22. The first kappa shape index (κ1) is 28.7. The van der Waals surface area contributed by atoms with Gasteiger partial charge in [0, 0.05) is 6.42 Å². The number of carbonyl (C=O) groups excluding carboxylic acids is 5. The molecule has 5 amide bonds. The first-order valence-electron chi connectivity index (χ1n) is 9.49. The lowest BCUT2D eigenvalue weighted by atomic mass is 10.1. The SMILES string of the molecule is CC(O)C(N)C(=O)NC(CC(N)=O)C(=O)NC(CCC(N)=O)C(=O)NC(C(=O)O)C(C)O. The molecule has 0 aromatic rings. The van der Waals surface area contributed by atoms with Crippen LogP contribution in [-0.4, -0.2) is 87.2 Å². The van der Waals surface area contributed by atoms with Crippen LogP contribution in [0.4, 0.5) is 0 Å². The van der Waals surface area contributed by atoms with E-state index in [2.05, 4.69) is 10.6 Å². The van der Waals surface area contributed by atoms with E-state index < -0.39 is 78.3 Å². The molecule has 32 heavy (non-hydrogen) atoms. The second kappa shape index (κ2) is 13.2. The molecule has 0 saturated heterocycles. The molecule has 0 aliphatic carbocycles. The Balaban J connectivity index is 5.60. The van der Waals surface area contributed by atoms with Crippen molar-refractivity contribution in [3.8, 4) is 0 Å². The Morgan fingerprint density at radius 1 is 0.781 bits per heavy atom. The molecular formula is C17H30N6O9. The number of carbonyl (C=O) groups is 6. The number of aliphatic hydroxyl groups is 2. The van der Waals surface area contributed by atoms with E-state index in [1.54, 1.807) is 0 Å². The van der Waals surface area contributed by atoms with Gasteiger partial charge in [0.1, 0.15) is 18.1 Å². The Bertz CT molecular complexity index is 727. The zero-order chi connectivity index (χ0) is 25.2. The van der Waals surface area contributed by atoms with Crippen molar-refractivity contribution in [1.82, 2.24) is 16.0 Å². The molecule has 6 unspecified atom stereocenters. The Hall–Kier alpha value is -3.30. The van der Waals surface area contributed by atoms with Crippen molar-refractivity contribution in [2.75, 3.05) is 0 Å². The predicted octanol–water partition coefficient (Wildman–Crippen LogP) is -5.24. The number of nitrogens with two attached hydrogens (primary N) is 3. The van der Waals surface area contributed by atoms with Gasteiger partial charge in [0.2, 0.25) is 29.5 Å². The molecule has 0 aromatic heterocycles. The number of primary amides is 2. The van der Waals surface area contributed by atoms with E-state index in [0.717, 1.165) is 6.92 Å². The Labute approximate surface area is 183 Å². The lowest BCUT2D eigenvalue weighted by molar-refractivity contribution is -0.145. The number of aliphatic hydroxyl groups excluding tert-OH is 2. The summed E-state index contributed by atoms with van der Waals surface area (Å²) in [6.45, 7) is 2.33. The van der Waals surface area contributed by atoms with Crippen LogP contribution in [0.1, 0.15) is 33.1 Å². The highest BCUT2D eigenvalue weighted by Crippen LogP contribution is 2.03. The molecule has 0 aliphatic rings. The van der Waals surface area contributed by atoms with Crippen molar-refractivity contribution >= 4 is 35.5 Å². The van der Waals surface area contributed by atoms with Gasteiger partial charge in [-0.15, -0.1) is 0 Å². The number of hydrogen-bond donors (Lipinski definition) is 9. The average molecular weight is 462 g/mol. The third kappa shape index (κ3) is 10.1. The Morgan fingerprint density at radius 2 is 1.28 bits per heavy atom. The fourth-order valence-electron chi connectivity index (χ4n) is 2.37. The molecule has 0 heterocycles. The van der Waals surface area contributed by atoms with E-state index >= 15 is 0 Å². The van der Waals surface area contributed by atoms with Gasteiger partial charge in [-0.3, -0.25) is 24.0 Å². The topological polar surface area (TPSA) is 277 Å². The Morgan fingerprint density at radius 3 is 1.69 bits per heavy atom. The zero-order valence-electron chi connectivity index (χ0n) is 17.6. The van der Waals surface area contributed by atoms with Gasteiger partial charge in [0.15, 0.2) is 6.04 Å². The van der Waals surface area contributed by atoms with E-state index in [9.17, 15) is 39.0 Å². The molecule has 0 saturated carbocycles. The van der Waals surface area contributed by atoms with E-state index in [1.165, 1.54) is 6.92 Å². The van der Waals surface area contributed by atoms with Crippen LogP contribution < -0.4 is 33.2 Å². The zero-order valence-corrected chi connectivity index (χ0v) is 17.6. The van der Waals surface area contributed by atoms with Crippen molar-refractivity contribution in [3.05, 3.63) is 0 Å². The van der Waals surface area contributed by atoms with Gasteiger partial charge in [-0.05, 0) is 20.3 Å². The van der Waals surface area contributed by atoms with Crippen molar-refractivity contribution in [1.29, 1.82) is 0 Å². The van der Waals surface area contributed by atoms with Gasteiger partial charge in [0.05, 0.1) is 18.6 Å². The van der Waals surface area contributed by atoms with Crippen molar-refractivity contribution < 1.29 is 44.1 Å². The summed E-state index contributed by atoms with van der Waals surface area (Å²) >= 11 is 0. The molecule has 0 radical (unpaired) electrons. The normalized spacial score (nSPS) is 16.4. The van der Waals surface area contributed by atoms with Gasteiger partial charge in [0.25, 0.3) is 0 Å². The van der Waals surface area contributed by atoms with Crippen LogP contribution in [0.15, 0.2) is 0 Å².